The maximum Gasteiger partial charge on any atom is 0.337 e. The normalized spacial score (nSPS) is 13.9. The largest absolute Gasteiger partial charge is 0.822 e. The highest BCUT2D eigenvalue weighted by molar-refractivity contribution is 7.40. The van der Waals surface area contributed by atoms with Gasteiger partial charge < -0.3 is 34.0 Å². The van der Waals surface area contributed by atoms with E-state index in [0.29, 0.717) is 12.2 Å². The van der Waals surface area contributed by atoms with Crippen LogP contribution in [0.2, 0.25) is 0 Å². The molecule has 1 heterocycles. The summed E-state index contributed by atoms with van der Waals surface area (Å²) in [7, 11) is -1.91. The summed E-state index contributed by atoms with van der Waals surface area (Å²) in [6.45, 7) is 7.79. The second kappa shape index (κ2) is 13.1. The lowest BCUT2D eigenvalue weighted by atomic mass is 9.80. The van der Waals surface area contributed by atoms with Gasteiger partial charge in [0, 0.05) is 29.9 Å². The summed E-state index contributed by atoms with van der Waals surface area (Å²) in [5.41, 5.74) is 7.15. The van der Waals surface area contributed by atoms with Crippen LogP contribution >= 0.6 is 7.82 Å². The first-order valence-corrected chi connectivity index (χ1v) is 14.1. The Bertz CT molecular complexity index is 1430. The first kappa shape index (κ1) is 30.8. The summed E-state index contributed by atoms with van der Waals surface area (Å²) < 4.78 is 21.2. The fraction of sp³-hybridized carbons (Fsp3) is 0.267. The van der Waals surface area contributed by atoms with E-state index in [-0.39, 0.29) is 11.4 Å². The zero-order chi connectivity index (χ0) is 29.5. The standard InChI is InChI=1S/C30H32N2O3.H3O4P/c1-6-35-25-15-9-22(10-16-25)20-31-24-13-7-21(8-14-24)11-18-28-30(2,3)26-19-23(29(33)34-5)12-17-27(26)32(28)4;1-5(2,3)4/h7-19H,6,20H2,1-5H3;(H3,1,2,3,4)/p-2. The molecule has 3 aromatic carbocycles. The Kier molecular flexibility index (Phi) is 10.1. The Morgan fingerprint density at radius 1 is 1.00 bits per heavy atom. The number of fused-ring (bicyclic) bond motifs is 1. The number of methoxy groups -OCH3 is 1. The number of esters is 1. The molecule has 1 aliphatic rings. The molecule has 0 amide bonds. The van der Waals surface area contributed by atoms with Crippen molar-refractivity contribution < 1.29 is 38.1 Å². The van der Waals surface area contributed by atoms with Gasteiger partial charge in [-0.05, 0) is 74.4 Å². The van der Waals surface area contributed by atoms with Crippen LogP contribution in [0.5, 0.6) is 5.75 Å². The average Bonchev–Trinajstić information content (AvgIpc) is 3.10. The summed E-state index contributed by atoms with van der Waals surface area (Å²) in [5, 5.41) is 3.47. The maximum absolute atomic E-state index is 12.0. The van der Waals surface area contributed by atoms with Gasteiger partial charge >= 0.3 is 5.97 Å². The van der Waals surface area contributed by atoms with Crippen molar-refractivity contribution in [1.82, 2.24) is 0 Å². The van der Waals surface area contributed by atoms with Gasteiger partial charge in [-0.1, -0.05) is 24.3 Å². The van der Waals surface area contributed by atoms with E-state index in [9.17, 15) is 4.79 Å². The number of allylic oxidation sites excluding steroid dienone is 1. The number of ether oxygens (including phenoxy) is 2. The van der Waals surface area contributed by atoms with Crippen molar-refractivity contribution in [3.63, 3.8) is 0 Å². The van der Waals surface area contributed by atoms with E-state index in [0.717, 1.165) is 34.8 Å². The quantitative estimate of drug-likeness (QED) is 0.250. The molecule has 0 unspecified atom stereocenters. The van der Waals surface area contributed by atoms with E-state index < -0.39 is 7.82 Å². The van der Waals surface area contributed by atoms with E-state index in [2.05, 4.69) is 79.3 Å². The Balaban J connectivity index is 0.000000810. The highest BCUT2D eigenvalue weighted by Crippen LogP contribution is 2.40. The number of phosphoric acid groups is 1. The van der Waals surface area contributed by atoms with Gasteiger partial charge in [0.25, 0.3) is 0 Å². The molecule has 40 heavy (non-hydrogen) atoms. The monoisotopic (exact) mass is 564 g/mol. The third-order valence-corrected chi connectivity index (χ3v) is 6.53. The number of benzene rings is 3. The SMILES string of the molecule is CCOc1ccc(CNc2ccc(/C=C/C3=[N+](C)c4ccc(C(=O)OC)cc4C3(C)C)cc2)cc1.O=P([O-])([O-])[O-]. The minimum Gasteiger partial charge on any atom is -0.822 e. The summed E-state index contributed by atoms with van der Waals surface area (Å²) in [6, 6.07) is 22.4. The van der Waals surface area contributed by atoms with E-state index >= 15 is 0 Å². The molecule has 3 aromatic rings. The molecule has 0 saturated heterocycles. The number of hydrogen-bond donors (Lipinski definition) is 1. The first-order valence-electron chi connectivity index (χ1n) is 12.6. The van der Waals surface area contributed by atoms with Gasteiger partial charge in [-0.15, -0.1) is 0 Å². The van der Waals surface area contributed by atoms with Gasteiger partial charge in [-0.2, -0.15) is 12.4 Å². The molecule has 1 N–H and O–H groups in total. The second-order valence-electron chi connectivity index (χ2n) is 9.63. The van der Waals surface area contributed by atoms with Crippen LogP contribution in [-0.2, 0) is 21.3 Å². The van der Waals surface area contributed by atoms with Crippen LogP contribution in [0.15, 0.2) is 72.8 Å². The van der Waals surface area contributed by atoms with Crippen molar-refractivity contribution in [3.05, 3.63) is 95.1 Å². The molecular weight excluding hydrogens is 531 g/mol. The van der Waals surface area contributed by atoms with Crippen LogP contribution in [-0.4, -0.2) is 37.0 Å². The molecule has 0 fully saturated rings. The van der Waals surface area contributed by atoms with E-state index in [1.165, 1.54) is 18.4 Å². The molecule has 0 saturated carbocycles. The van der Waals surface area contributed by atoms with E-state index in [4.69, 9.17) is 28.7 Å². The van der Waals surface area contributed by atoms with Gasteiger partial charge in [0.1, 0.15) is 12.8 Å². The Morgan fingerprint density at radius 2 is 1.62 bits per heavy atom. The molecule has 0 aromatic heterocycles. The number of carbonyl (C=O) groups excluding carboxylic acids is 1. The molecule has 1 aliphatic heterocycles. The van der Waals surface area contributed by atoms with Crippen molar-refractivity contribution in [1.29, 1.82) is 0 Å². The van der Waals surface area contributed by atoms with Crippen LogP contribution in [0.4, 0.5) is 11.4 Å². The van der Waals surface area contributed by atoms with Gasteiger partial charge in [-0.3, -0.25) is 0 Å². The summed E-state index contributed by atoms with van der Waals surface area (Å²) in [4.78, 5) is 37.7. The second-order valence-corrected chi connectivity index (χ2v) is 10.5. The molecular formula is C30H33N2O7P-2. The van der Waals surface area contributed by atoms with Crippen LogP contribution < -0.4 is 24.7 Å². The number of rotatable bonds is 8. The lowest BCUT2D eigenvalue weighted by Crippen LogP contribution is -2.26. The van der Waals surface area contributed by atoms with Gasteiger partial charge in [-0.25, -0.2) is 4.79 Å². The Morgan fingerprint density at radius 3 is 2.20 bits per heavy atom. The number of anilines is 1. The van der Waals surface area contributed by atoms with E-state index in [1.807, 2.05) is 37.3 Å². The molecule has 10 heteroatoms. The highest BCUT2D eigenvalue weighted by atomic mass is 31.2. The minimum atomic E-state index is -5.39. The molecule has 0 aliphatic carbocycles. The van der Waals surface area contributed by atoms with Crippen LogP contribution in [0.1, 0.15) is 47.8 Å². The molecule has 212 valence electrons. The van der Waals surface area contributed by atoms with Gasteiger partial charge in [0.2, 0.25) is 5.69 Å². The van der Waals surface area contributed by atoms with Gasteiger partial charge in [0.05, 0.1) is 24.7 Å². The third kappa shape index (κ3) is 8.13. The molecule has 9 nitrogen and oxygen atoms in total. The van der Waals surface area contributed by atoms with Crippen molar-refractivity contribution in [2.75, 3.05) is 26.1 Å². The third-order valence-electron chi connectivity index (χ3n) is 6.53. The molecule has 0 atom stereocenters. The Labute approximate surface area is 234 Å². The lowest BCUT2D eigenvalue weighted by molar-refractivity contribution is -0.432. The molecule has 0 bridgehead atoms. The van der Waals surface area contributed by atoms with Crippen LogP contribution in [0.25, 0.3) is 6.08 Å². The summed E-state index contributed by atoms with van der Waals surface area (Å²) in [5.74, 6) is 0.583. The van der Waals surface area contributed by atoms with Crippen molar-refractivity contribution in [2.24, 2.45) is 0 Å². The highest BCUT2D eigenvalue weighted by Gasteiger charge is 2.43. The fourth-order valence-corrected chi connectivity index (χ4v) is 4.54. The first-order chi connectivity index (χ1) is 18.8. The van der Waals surface area contributed by atoms with Crippen molar-refractivity contribution in [2.45, 2.75) is 32.7 Å². The average molecular weight is 565 g/mol. The zero-order valence-corrected chi connectivity index (χ0v) is 24.1. The molecule has 4 rings (SSSR count). The molecule has 0 radical (unpaired) electrons. The predicted molar refractivity (Wildman–Crippen MR) is 150 cm³/mol. The lowest BCUT2D eigenvalue weighted by Gasteiger charge is -2.36. The van der Waals surface area contributed by atoms with Crippen molar-refractivity contribution >= 4 is 37.0 Å². The maximum atomic E-state index is 12.0. The van der Waals surface area contributed by atoms with Crippen molar-refractivity contribution in [3.8, 4) is 5.75 Å². The molecule has 0 spiro atoms. The van der Waals surface area contributed by atoms with Crippen LogP contribution in [0.3, 0.4) is 0 Å². The minimum absolute atomic E-state index is 0.232. The predicted octanol–water partition coefficient (Wildman–Crippen LogP) is 3.38. The topological polar surface area (TPSA) is 137 Å². The Hall–Kier alpha value is -3.75. The number of carbonyl (C=O) groups is 1. The zero-order valence-electron chi connectivity index (χ0n) is 23.2. The van der Waals surface area contributed by atoms with E-state index in [1.54, 1.807) is 0 Å². The van der Waals surface area contributed by atoms with Crippen LogP contribution in [0, 0.1) is 0 Å². The van der Waals surface area contributed by atoms with Gasteiger partial charge in [0.15, 0.2) is 5.71 Å². The summed E-state index contributed by atoms with van der Waals surface area (Å²) >= 11 is 0. The number of hydrogen-bond acceptors (Lipinski definition) is 8. The smallest absolute Gasteiger partial charge is 0.337 e. The number of nitrogens with zero attached hydrogens (tertiary/aromatic N) is 1. The number of nitrogens with one attached hydrogen (secondary N) is 1. The summed E-state index contributed by atoms with van der Waals surface area (Å²) in [6.07, 6.45) is 4.30. The fourth-order valence-electron chi connectivity index (χ4n) is 4.54.